The Labute approximate surface area is 137 Å². The van der Waals surface area contributed by atoms with Gasteiger partial charge in [-0.3, -0.25) is 14.7 Å². The Bertz CT molecular complexity index is 540. The molecule has 0 bridgehead atoms. The van der Waals surface area contributed by atoms with Crippen molar-refractivity contribution in [1.82, 2.24) is 14.8 Å². The van der Waals surface area contributed by atoms with E-state index in [4.69, 9.17) is 4.74 Å². The number of rotatable bonds is 6. The van der Waals surface area contributed by atoms with Crippen molar-refractivity contribution < 1.29 is 9.53 Å². The van der Waals surface area contributed by atoms with Gasteiger partial charge in [-0.15, -0.1) is 0 Å². The van der Waals surface area contributed by atoms with Crippen LogP contribution in [0.3, 0.4) is 0 Å². The fourth-order valence-corrected chi connectivity index (χ4v) is 3.85. The van der Waals surface area contributed by atoms with E-state index in [1.165, 1.54) is 18.4 Å². The van der Waals surface area contributed by atoms with Crippen molar-refractivity contribution in [1.29, 1.82) is 0 Å². The molecule has 0 unspecified atom stereocenters. The zero-order valence-electron chi connectivity index (χ0n) is 13.6. The van der Waals surface area contributed by atoms with Gasteiger partial charge in [-0.25, -0.2) is 0 Å². The summed E-state index contributed by atoms with van der Waals surface area (Å²) in [4.78, 5) is 21.5. The predicted molar refractivity (Wildman–Crippen MR) is 86.8 cm³/mol. The average Bonchev–Trinajstić information content (AvgIpc) is 3.14. The van der Waals surface area contributed by atoms with Gasteiger partial charge in [0.05, 0.1) is 12.1 Å². The number of ether oxygens (including phenoxy) is 1. The molecule has 5 nitrogen and oxygen atoms in total. The van der Waals surface area contributed by atoms with Gasteiger partial charge in [0.15, 0.2) is 0 Å². The molecule has 2 saturated heterocycles. The lowest BCUT2D eigenvalue weighted by Crippen LogP contribution is -2.45. The van der Waals surface area contributed by atoms with Gasteiger partial charge in [0, 0.05) is 44.7 Å². The first-order valence-corrected chi connectivity index (χ1v) is 8.86. The fraction of sp³-hybridized carbons (Fsp3) is 0.667. The summed E-state index contributed by atoms with van der Waals surface area (Å²) in [6.07, 6.45) is 9.54. The maximum atomic E-state index is 12.8. The average molecular weight is 315 g/mol. The quantitative estimate of drug-likeness (QED) is 0.803. The highest BCUT2D eigenvalue weighted by Gasteiger charge is 2.43. The summed E-state index contributed by atoms with van der Waals surface area (Å²) >= 11 is 0. The van der Waals surface area contributed by atoms with Crippen LogP contribution in [0.4, 0.5) is 0 Å². The molecule has 1 aromatic heterocycles. The Balaban J connectivity index is 1.48. The molecule has 3 fully saturated rings. The van der Waals surface area contributed by atoms with Gasteiger partial charge in [-0.1, -0.05) is 6.07 Å². The number of hydrogen-bond donors (Lipinski definition) is 0. The van der Waals surface area contributed by atoms with Crippen molar-refractivity contribution in [2.75, 3.05) is 19.7 Å². The molecule has 4 rings (SSSR count). The molecule has 1 aromatic rings. The molecule has 0 N–H and O–H groups in total. The number of amides is 1. The lowest BCUT2D eigenvalue weighted by Gasteiger charge is -2.30. The second-order valence-corrected chi connectivity index (χ2v) is 6.99. The van der Waals surface area contributed by atoms with Crippen molar-refractivity contribution >= 4 is 5.91 Å². The highest BCUT2D eigenvalue weighted by Crippen LogP contribution is 2.32. The summed E-state index contributed by atoms with van der Waals surface area (Å²) in [6.45, 7) is 3.41. The number of carbonyl (C=O) groups is 1. The molecule has 2 aliphatic heterocycles. The van der Waals surface area contributed by atoms with Crippen molar-refractivity contribution in [3.8, 4) is 0 Å². The van der Waals surface area contributed by atoms with E-state index in [1.807, 2.05) is 12.3 Å². The molecular formula is C18H25N3O2. The van der Waals surface area contributed by atoms with Crippen LogP contribution in [0.2, 0.25) is 0 Å². The van der Waals surface area contributed by atoms with Crippen LogP contribution in [0.25, 0.3) is 0 Å². The highest BCUT2D eigenvalue weighted by atomic mass is 16.5. The van der Waals surface area contributed by atoms with Crippen LogP contribution in [0.5, 0.6) is 0 Å². The SMILES string of the molecule is O=C1[C@H](N(Cc2cccnc2)C[C@@H]2CCCO2)CCN1C1CC1. The van der Waals surface area contributed by atoms with Crippen molar-refractivity contribution in [2.24, 2.45) is 0 Å². The summed E-state index contributed by atoms with van der Waals surface area (Å²) in [7, 11) is 0. The molecular weight excluding hydrogens is 290 g/mol. The van der Waals surface area contributed by atoms with Crippen molar-refractivity contribution in [3.63, 3.8) is 0 Å². The van der Waals surface area contributed by atoms with E-state index < -0.39 is 0 Å². The van der Waals surface area contributed by atoms with Crippen LogP contribution in [-0.2, 0) is 16.1 Å². The smallest absolute Gasteiger partial charge is 0.240 e. The molecule has 0 aromatic carbocycles. The Morgan fingerprint density at radius 1 is 1.30 bits per heavy atom. The molecule has 1 saturated carbocycles. The number of likely N-dealkylation sites (tertiary alicyclic amines) is 1. The second kappa shape index (κ2) is 6.57. The van der Waals surface area contributed by atoms with Crippen molar-refractivity contribution in [2.45, 2.75) is 56.8 Å². The van der Waals surface area contributed by atoms with E-state index in [9.17, 15) is 4.79 Å². The Hall–Kier alpha value is -1.46. The fourth-order valence-electron chi connectivity index (χ4n) is 3.85. The minimum atomic E-state index is 0.0139. The summed E-state index contributed by atoms with van der Waals surface area (Å²) in [6, 6.07) is 4.59. The van der Waals surface area contributed by atoms with Gasteiger partial charge in [0.25, 0.3) is 0 Å². The van der Waals surface area contributed by atoms with Crippen LogP contribution in [0.15, 0.2) is 24.5 Å². The number of hydrogen-bond acceptors (Lipinski definition) is 4. The van der Waals surface area contributed by atoms with Gasteiger partial charge in [-0.2, -0.15) is 0 Å². The van der Waals surface area contributed by atoms with E-state index in [0.717, 1.165) is 45.5 Å². The molecule has 3 aliphatic rings. The molecule has 23 heavy (non-hydrogen) atoms. The summed E-state index contributed by atoms with van der Waals surface area (Å²) < 4.78 is 5.82. The van der Waals surface area contributed by atoms with E-state index in [0.29, 0.717) is 11.9 Å². The van der Waals surface area contributed by atoms with Gasteiger partial charge < -0.3 is 9.64 Å². The number of nitrogens with zero attached hydrogens (tertiary/aromatic N) is 3. The second-order valence-electron chi connectivity index (χ2n) is 6.99. The lowest BCUT2D eigenvalue weighted by molar-refractivity contribution is -0.133. The topological polar surface area (TPSA) is 45.7 Å². The highest BCUT2D eigenvalue weighted by molar-refractivity contribution is 5.84. The summed E-state index contributed by atoms with van der Waals surface area (Å²) in [5.41, 5.74) is 1.17. The number of aromatic nitrogens is 1. The third kappa shape index (κ3) is 3.40. The van der Waals surface area contributed by atoms with Crippen molar-refractivity contribution in [3.05, 3.63) is 30.1 Å². The molecule has 0 spiro atoms. The van der Waals surface area contributed by atoms with E-state index >= 15 is 0 Å². The first kappa shape index (κ1) is 15.1. The van der Waals surface area contributed by atoms with Crippen LogP contribution in [0.1, 0.15) is 37.7 Å². The van der Waals surface area contributed by atoms with Crippen LogP contribution in [-0.4, -0.2) is 58.6 Å². The molecule has 2 atom stereocenters. The third-order valence-electron chi connectivity index (χ3n) is 5.21. The maximum Gasteiger partial charge on any atom is 0.240 e. The largest absolute Gasteiger partial charge is 0.377 e. The van der Waals surface area contributed by atoms with Gasteiger partial charge in [0.1, 0.15) is 0 Å². The monoisotopic (exact) mass is 315 g/mol. The zero-order valence-corrected chi connectivity index (χ0v) is 13.6. The molecule has 5 heteroatoms. The Morgan fingerprint density at radius 3 is 2.91 bits per heavy atom. The molecule has 124 valence electrons. The number of carbonyl (C=O) groups excluding carboxylic acids is 1. The van der Waals surface area contributed by atoms with Crippen LogP contribution >= 0.6 is 0 Å². The molecule has 3 heterocycles. The van der Waals surface area contributed by atoms with Gasteiger partial charge in [0.2, 0.25) is 5.91 Å². The lowest BCUT2D eigenvalue weighted by atomic mass is 10.1. The molecule has 1 aliphatic carbocycles. The zero-order chi connectivity index (χ0) is 15.6. The van der Waals surface area contributed by atoms with Gasteiger partial charge >= 0.3 is 0 Å². The Morgan fingerprint density at radius 2 is 2.22 bits per heavy atom. The molecule has 0 radical (unpaired) electrons. The van der Waals surface area contributed by atoms with Crippen LogP contribution < -0.4 is 0 Å². The minimum absolute atomic E-state index is 0.0139. The third-order valence-corrected chi connectivity index (χ3v) is 5.21. The Kier molecular flexibility index (Phi) is 4.31. The number of pyridine rings is 1. The molecule has 1 amide bonds. The first-order chi connectivity index (χ1) is 11.3. The van der Waals surface area contributed by atoms with Gasteiger partial charge in [-0.05, 0) is 43.7 Å². The first-order valence-electron chi connectivity index (χ1n) is 8.86. The summed E-state index contributed by atoms with van der Waals surface area (Å²) in [5, 5.41) is 0. The predicted octanol–water partition coefficient (Wildman–Crippen LogP) is 1.83. The maximum absolute atomic E-state index is 12.8. The van der Waals surface area contributed by atoms with E-state index in [1.54, 1.807) is 6.20 Å². The minimum Gasteiger partial charge on any atom is -0.377 e. The summed E-state index contributed by atoms with van der Waals surface area (Å²) in [5.74, 6) is 0.328. The van der Waals surface area contributed by atoms with E-state index in [2.05, 4.69) is 20.9 Å². The van der Waals surface area contributed by atoms with Crippen LogP contribution in [0, 0.1) is 0 Å². The van der Waals surface area contributed by atoms with E-state index in [-0.39, 0.29) is 12.1 Å². The standard InChI is InChI=1S/C18H25N3O2/c22-18-17(7-9-21(18)15-5-6-15)20(13-16-4-2-10-23-16)12-14-3-1-8-19-11-14/h1,3,8,11,15-17H,2,4-7,9-10,12-13H2/t16-,17+/m0/s1. The normalized spacial score (nSPS) is 28.0.